The molecule has 1 amide bonds. The quantitative estimate of drug-likeness (QED) is 0.287. The molecule has 1 aliphatic rings. The molecule has 1 aliphatic heterocycles. The van der Waals surface area contributed by atoms with E-state index >= 15 is 0 Å². The first-order valence-corrected chi connectivity index (χ1v) is 11.2. The van der Waals surface area contributed by atoms with Crippen LogP contribution in [0.2, 0.25) is 0 Å². The normalized spacial score (nSPS) is 16.2. The van der Waals surface area contributed by atoms with E-state index in [-0.39, 0.29) is 30.0 Å². The summed E-state index contributed by atoms with van der Waals surface area (Å²) >= 11 is 0. The average molecular weight is 460 g/mol. The summed E-state index contributed by atoms with van der Waals surface area (Å²) in [6.07, 6.45) is 1.52. The third kappa shape index (κ3) is 5.77. The van der Waals surface area contributed by atoms with Crippen LogP contribution in [0.5, 0.6) is 5.75 Å². The third-order valence-corrected chi connectivity index (χ3v) is 5.60. The summed E-state index contributed by atoms with van der Waals surface area (Å²) in [5, 5.41) is 0. The number of amides is 1. The molecule has 5 nitrogen and oxygen atoms in total. The zero-order valence-electron chi connectivity index (χ0n) is 18.9. The minimum atomic E-state index is -0.498. The summed E-state index contributed by atoms with van der Waals surface area (Å²) in [6.45, 7) is 2.68. The molecule has 3 aromatic rings. The summed E-state index contributed by atoms with van der Waals surface area (Å²) in [7, 11) is 0. The van der Waals surface area contributed by atoms with Gasteiger partial charge in [-0.2, -0.15) is 0 Å². The van der Waals surface area contributed by atoms with Gasteiger partial charge in [0.05, 0.1) is 18.7 Å². The Morgan fingerprint density at radius 3 is 2.47 bits per heavy atom. The molecule has 1 unspecified atom stereocenters. The maximum absolute atomic E-state index is 13.6. The van der Waals surface area contributed by atoms with Gasteiger partial charge >= 0.3 is 0 Å². The average Bonchev–Trinajstić information content (AvgIpc) is 2.87. The lowest BCUT2D eigenvalue weighted by Crippen LogP contribution is -2.47. The van der Waals surface area contributed by atoms with Gasteiger partial charge in [-0.1, -0.05) is 60.7 Å². The number of hydrogen-bond donors (Lipinski definition) is 0. The number of Topliss-reactive ketones (excluding diaryl/α,β-unsaturated/α-hetero) is 1. The fourth-order valence-corrected chi connectivity index (χ4v) is 3.86. The van der Waals surface area contributed by atoms with E-state index in [1.54, 1.807) is 4.90 Å². The molecule has 0 saturated carbocycles. The van der Waals surface area contributed by atoms with Gasteiger partial charge in [-0.15, -0.1) is 0 Å². The van der Waals surface area contributed by atoms with Gasteiger partial charge < -0.3 is 14.4 Å². The molecule has 1 heterocycles. The van der Waals surface area contributed by atoms with Gasteiger partial charge in [0.25, 0.3) is 5.91 Å². The van der Waals surface area contributed by atoms with Crippen LogP contribution in [-0.2, 0) is 9.53 Å². The standard InChI is InChI=1S/C28H26FNO4/c1-20(31)25-17-23(29)12-13-27(25)34-19-24-18-30(14-15-33-24)28(32)26(22-10-6-3-7-11-22)16-21-8-4-2-5-9-21/h2-13,16-17,24H,14-15,18-19H2,1H3. The number of halogens is 1. The van der Waals surface area contributed by atoms with Crippen molar-refractivity contribution < 1.29 is 23.5 Å². The number of nitrogens with zero attached hydrogens (tertiary/aromatic N) is 1. The summed E-state index contributed by atoms with van der Waals surface area (Å²) in [4.78, 5) is 27.2. The fourth-order valence-electron chi connectivity index (χ4n) is 3.86. The monoisotopic (exact) mass is 459 g/mol. The van der Waals surface area contributed by atoms with E-state index in [0.29, 0.717) is 31.0 Å². The number of rotatable bonds is 7. The number of hydrogen-bond acceptors (Lipinski definition) is 4. The molecule has 0 aromatic heterocycles. The van der Waals surface area contributed by atoms with Gasteiger partial charge in [0.1, 0.15) is 24.3 Å². The predicted octanol–water partition coefficient (Wildman–Crippen LogP) is 4.88. The Morgan fingerprint density at radius 2 is 1.76 bits per heavy atom. The Hall–Kier alpha value is -3.77. The Kier molecular flexibility index (Phi) is 7.50. The van der Waals surface area contributed by atoms with E-state index in [4.69, 9.17) is 9.47 Å². The predicted molar refractivity (Wildman–Crippen MR) is 129 cm³/mol. The molecule has 34 heavy (non-hydrogen) atoms. The van der Waals surface area contributed by atoms with Crippen molar-refractivity contribution in [3.05, 3.63) is 101 Å². The zero-order valence-corrected chi connectivity index (χ0v) is 18.9. The molecule has 1 atom stereocenters. The number of carbonyl (C=O) groups is 2. The van der Waals surface area contributed by atoms with Crippen molar-refractivity contribution in [2.24, 2.45) is 0 Å². The minimum Gasteiger partial charge on any atom is -0.490 e. The van der Waals surface area contributed by atoms with Crippen molar-refractivity contribution in [3.63, 3.8) is 0 Å². The van der Waals surface area contributed by atoms with Gasteiger partial charge in [0.2, 0.25) is 0 Å². The van der Waals surface area contributed by atoms with Crippen LogP contribution in [0.25, 0.3) is 11.6 Å². The van der Waals surface area contributed by atoms with Crippen LogP contribution in [0.1, 0.15) is 28.4 Å². The Bertz CT molecular complexity index is 1180. The molecular formula is C28H26FNO4. The van der Waals surface area contributed by atoms with Crippen LogP contribution < -0.4 is 4.74 Å². The van der Waals surface area contributed by atoms with E-state index in [2.05, 4.69) is 0 Å². The second-order valence-electron chi connectivity index (χ2n) is 8.09. The second kappa shape index (κ2) is 10.9. The molecular weight excluding hydrogens is 433 g/mol. The fraction of sp³-hybridized carbons (Fsp3) is 0.214. The summed E-state index contributed by atoms with van der Waals surface area (Å²) < 4.78 is 25.1. The maximum atomic E-state index is 13.6. The molecule has 4 rings (SSSR count). The molecule has 6 heteroatoms. The molecule has 0 bridgehead atoms. The first kappa shape index (κ1) is 23.4. The summed E-state index contributed by atoms with van der Waals surface area (Å²) in [5.41, 5.74) is 2.57. The van der Waals surface area contributed by atoms with Crippen molar-refractivity contribution in [1.29, 1.82) is 0 Å². The summed E-state index contributed by atoms with van der Waals surface area (Å²) in [5.74, 6) is -0.569. The van der Waals surface area contributed by atoms with E-state index in [9.17, 15) is 14.0 Å². The molecule has 0 aliphatic carbocycles. The molecule has 174 valence electrons. The molecule has 1 saturated heterocycles. The number of ketones is 1. The van der Waals surface area contributed by atoms with Crippen molar-refractivity contribution in [3.8, 4) is 5.75 Å². The van der Waals surface area contributed by atoms with E-state index in [1.165, 1.54) is 19.1 Å². The van der Waals surface area contributed by atoms with Crippen molar-refractivity contribution in [2.75, 3.05) is 26.3 Å². The Labute approximate surface area is 198 Å². The number of carbonyl (C=O) groups excluding carboxylic acids is 2. The maximum Gasteiger partial charge on any atom is 0.254 e. The van der Waals surface area contributed by atoms with Crippen LogP contribution in [0.15, 0.2) is 78.9 Å². The lowest BCUT2D eigenvalue weighted by molar-refractivity contribution is -0.133. The summed E-state index contributed by atoms with van der Waals surface area (Å²) in [6, 6.07) is 23.2. The number of benzene rings is 3. The lowest BCUT2D eigenvalue weighted by atomic mass is 10.0. The molecule has 3 aromatic carbocycles. The first-order chi connectivity index (χ1) is 16.5. The van der Waals surface area contributed by atoms with Gasteiger partial charge in [0, 0.05) is 12.1 Å². The third-order valence-electron chi connectivity index (χ3n) is 5.60. The highest BCUT2D eigenvalue weighted by atomic mass is 19.1. The highest BCUT2D eigenvalue weighted by Gasteiger charge is 2.27. The number of ether oxygens (including phenoxy) is 2. The first-order valence-electron chi connectivity index (χ1n) is 11.2. The van der Waals surface area contributed by atoms with Crippen LogP contribution in [0.4, 0.5) is 4.39 Å². The second-order valence-corrected chi connectivity index (χ2v) is 8.09. The van der Waals surface area contributed by atoms with E-state index in [0.717, 1.165) is 17.2 Å². The topological polar surface area (TPSA) is 55.8 Å². The van der Waals surface area contributed by atoms with Crippen molar-refractivity contribution >= 4 is 23.3 Å². The van der Waals surface area contributed by atoms with E-state index < -0.39 is 5.82 Å². The molecule has 1 fully saturated rings. The van der Waals surface area contributed by atoms with Crippen molar-refractivity contribution in [1.82, 2.24) is 4.90 Å². The highest BCUT2D eigenvalue weighted by molar-refractivity contribution is 6.24. The number of morpholine rings is 1. The van der Waals surface area contributed by atoms with Crippen LogP contribution in [0, 0.1) is 5.82 Å². The van der Waals surface area contributed by atoms with Gasteiger partial charge in [-0.3, -0.25) is 9.59 Å². The van der Waals surface area contributed by atoms with Crippen LogP contribution >= 0.6 is 0 Å². The smallest absolute Gasteiger partial charge is 0.254 e. The zero-order chi connectivity index (χ0) is 23.9. The Morgan fingerprint density at radius 1 is 1.06 bits per heavy atom. The van der Waals surface area contributed by atoms with Crippen LogP contribution in [0.3, 0.4) is 0 Å². The molecule has 0 radical (unpaired) electrons. The van der Waals surface area contributed by atoms with E-state index in [1.807, 2.05) is 66.7 Å². The molecule has 0 spiro atoms. The van der Waals surface area contributed by atoms with Gasteiger partial charge in [-0.05, 0) is 42.3 Å². The van der Waals surface area contributed by atoms with Crippen LogP contribution in [-0.4, -0.2) is 49.0 Å². The largest absolute Gasteiger partial charge is 0.490 e. The molecule has 0 N–H and O–H groups in total. The van der Waals surface area contributed by atoms with Gasteiger partial charge in [0.15, 0.2) is 5.78 Å². The Balaban J connectivity index is 1.50. The minimum absolute atomic E-state index is 0.0884. The van der Waals surface area contributed by atoms with Gasteiger partial charge in [-0.25, -0.2) is 4.39 Å². The highest BCUT2D eigenvalue weighted by Crippen LogP contribution is 2.24. The SMILES string of the molecule is CC(=O)c1cc(F)ccc1OCC1CN(C(=O)C(=Cc2ccccc2)c2ccccc2)CCO1. The van der Waals surface area contributed by atoms with Crippen molar-refractivity contribution in [2.45, 2.75) is 13.0 Å². The lowest BCUT2D eigenvalue weighted by Gasteiger charge is -2.33.